The van der Waals surface area contributed by atoms with Crippen molar-refractivity contribution in [2.75, 3.05) is 4.90 Å². The van der Waals surface area contributed by atoms with Crippen molar-refractivity contribution in [2.45, 2.75) is 17.4 Å². The average molecular weight is 867 g/mol. The van der Waals surface area contributed by atoms with Crippen LogP contribution in [0, 0.1) is 0 Å². The number of benzene rings is 9. The number of hydrogen-bond donors (Lipinski definition) is 0. The Bertz CT molecular complexity index is 5920. The van der Waals surface area contributed by atoms with Crippen LogP contribution in [0.3, 0.4) is 0 Å². The summed E-state index contributed by atoms with van der Waals surface area (Å²) < 4.78 is 349. The van der Waals surface area contributed by atoms with Crippen LogP contribution >= 0.6 is 0 Å². The molecule has 1 spiro atoms. The van der Waals surface area contributed by atoms with Crippen molar-refractivity contribution in [3.8, 4) is 39.1 Å². The molecule has 9 aromatic carbocycles. The van der Waals surface area contributed by atoms with Crippen LogP contribution in [-0.2, 0) is 5.41 Å². The van der Waals surface area contributed by atoms with E-state index in [4.69, 9.17) is 28.6 Å². The van der Waals surface area contributed by atoms with E-state index in [-0.39, 0.29) is 0 Å². The van der Waals surface area contributed by atoms with Gasteiger partial charge in [0.25, 0.3) is 0 Å². The number of hydrogen-bond acceptors (Lipinski definition) is 4. The third-order valence-corrected chi connectivity index (χ3v) is 12.0. The molecule has 4 nitrogen and oxygen atoms in total. The lowest BCUT2D eigenvalue weighted by Crippen LogP contribution is -2.26. The highest BCUT2D eigenvalue weighted by Crippen LogP contribution is 2.65. The molecule has 0 N–H and O–H groups in total. The van der Waals surface area contributed by atoms with Crippen molar-refractivity contribution in [3.63, 3.8) is 0 Å². The van der Waals surface area contributed by atoms with E-state index in [1.165, 1.54) is 0 Å². The molecule has 0 fully saturated rings. The van der Waals surface area contributed by atoms with E-state index in [1.807, 2.05) is 0 Å². The summed E-state index contributed by atoms with van der Waals surface area (Å²) in [6, 6.07) is -35.9. The van der Waals surface area contributed by atoms with Crippen molar-refractivity contribution >= 4 is 60.9 Å². The Hall–Kier alpha value is -8.34. The van der Waals surface area contributed by atoms with Gasteiger partial charge >= 0.3 is 0 Å². The first-order chi connectivity index (χ1) is 46.8. The van der Waals surface area contributed by atoms with Gasteiger partial charge in [0.2, 0.25) is 0 Å². The standard InChI is InChI=1S/C61H37NO3/c1-6-20-46-38(14-1)39-15-2-7-21-47(39)61(46)48-22-8-3-18-43(48)58-49(61)23-12-24-50(58)62(52-26-11-19-42-40-16-4-10-28-54(40)65-60(42)52)51-25-13-29-57-59(51)45-35-37(31-33-56(45)64-57)36-30-32-55-44(34-36)41-17-5-9-27-53(41)63-55/h1-35,41,53H/i1D,2D,3D,4D,5D,6D,7D,8D,9D,10D,11D,12D,13D,14D,15D,16D,17D,18D,19D,20D,21D,22D,23D,24D,25D,26D,27D,28D,29D,30D,31D,32D,33D,34D,35D. The molecule has 4 aliphatic rings. The number of rotatable bonds is 4. The van der Waals surface area contributed by atoms with Gasteiger partial charge in [-0.2, -0.15) is 0 Å². The van der Waals surface area contributed by atoms with Crippen LogP contribution in [0.1, 0.15) is 81.7 Å². The Labute approximate surface area is 423 Å². The molecule has 4 heteroatoms. The SMILES string of the molecule is [2H]C1=C([2H])C2Oc3c([2H])c([2H])c(-c4c([2H])c([2H])c5oc6c([2H])c([2H])c([2H])c(N(c7c([2H])c([2H])c([2H])c8c7-c7c([2H])c([2H])c([2H])c([2H])c7C87c8c([2H])c([2H])c([2H])c([2H])c8-c8c([2H])c([2H])c([2H])c([2H])c87)c7c([2H])c([2H])c([2H])c8c7oc7c([2H])c([2H])c([2H])c([2H])c78)c6c5c4[2H])c([2H])c3C2C([2H])=C1[2H]. The van der Waals surface area contributed by atoms with Crippen LogP contribution in [0.2, 0.25) is 0 Å². The molecule has 0 saturated carbocycles. The minimum absolute atomic E-state index is 0.415. The third-order valence-electron chi connectivity index (χ3n) is 12.0. The molecule has 0 radical (unpaired) electrons. The van der Waals surface area contributed by atoms with Gasteiger partial charge in [0, 0.05) is 33.2 Å². The van der Waals surface area contributed by atoms with Gasteiger partial charge in [-0.05, 0) is 111 Å². The monoisotopic (exact) mass is 866 g/mol. The van der Waals surface area contributed by atoms with Crippen LogP contribution in [0.5, 0.6) is 5.75 Å². The summed E-state index contributed by atoms with van der Waals surface area (Å²) in [5.41, 5.74) is -18.6. The smallest absolute Gasteiger partial charge is 0.159 e. The first kappa shape index (κ1) is 15.7. The predicted octanol–water partition coefficient (Wildman–Crippen LogP) is 15.9. The summed E-state index contributed by atoms with van der Waals surface area (Å²) in [7, 11) is 0. The maximum atomic E-state index is 10.4. The van der Waals surface area contributed by atoms with E-state index in [0.717, 1.165) is 0 Å². The number of anilines is 3. The summed E-state index contributed by atoms with van der Waals surface area (Å²) >= 11 is 0. The molecule has 2 aromatic heterocycles. The molecular weight excluding hydrogens is 795 g/mol. The van der Waals surface area contributed by atoms with E-state index >= 15 is 0 Å². The number of nitrogens with zero attached hydrogens (tertiary/aromatic N) is 1. The van der Waals surface area contributed by atoms with Gasteiger partial charge < -0.3 is 18.5 Å². The molecule has 0 amide bonds. The number of para-hydroxylation sites is 2. The molecule has 3 heterocycles. The largest absolute Gasteiger partial charge is 0.485 e. The molecule has 0 saturated heterocycles. The zero-order valence-corrected chi connectivity index (χ0v) is 32.3. The molecule has 1 aliphatic heterocycles. The zero-order chi connectivity index (χ0) is 72.8. The second-order valence-corrected chi connectivity index (χ2v) is 15.1. The van der Waals surface area contributed by atoms with E-state index in [0.29, 0.717) is 4.90 Å². The molecule has 11 aromatic rings. The molecule has 15 rings (SSSR count). The summed E-state index contributed by atoms with van der Waals surface area (Å²) in [6.07, 6.45) is -1.59. The highest BCUT2D eigenvalue weighted by molar-refractivity contribution is 6.18. The van der Waals surface area contributed by atoms with Gasteiger partial charge in [0.05, 0.1) is 75.8 Å². The maximum absolute atomic E-state index is 10.4. The lowest BCUT2D eigenvalue weighted by Gasteiger charge is -2.32. The van der Waals surface area contributed by atoms with Crippen molar-refractivity contribution in [1.29, 1.82) is 0 Å². The average Bonchev–Trinajstić information content (AvgIpc) is 1.47. The fourth-order valence-corrected chi connectivity index (χ4v) is 9.40. The Balaban J connectivity index is 1.21. The van der Waals surface area contributed by atoms with Gasteiger partial charge in [0.15, 0.2) is 5.58 Å². The topological polar surface area (TPSA) is 38.8 Å². The summed E-state index contributed by atoms with van der Waals surface area (Å²) in [5.74, 6) is -2.12. The maximum Gasteiger partial charge on any atom is 0.159 e. The second-order valence-electron chi connectivity index (χ2n) is 15.1. The molecule has 2 atom stereocenters. The third kappa shape index (κ3) is 4.60. The lowest BCUT2D eigenvalue weighted by molar-refractivity contribution is 0.269. The van der Waals surface area contributed by atoms with Crippen LogP contribution in [0.4, 0.5) is 17.1 Å². The number of fused-ring (bicyclic) bond motifs is 19. The van der Waals surface area contributed by atoms with Crippen molar-refractivity contribution in [2.24, 2.45) is 0 Å². The van der Waals surface area contributed by atoms with Crippen LogP contribution in [0.25, 0.3) is 77.3 Å². The van der Waals surface area contributed by atoms with Crippen molar-refractivity contribution < 1.29 is 61.5 Å². The zero-order valence-electron chi connectivity index (χ0n) is 67.3. The van der Waals surface area contributed by atoms with Crippen molar-refractivity contribution in [3.05, 3.63) is 239 Å². The fourth-order valence-electron chi connectivity index (χ4n) is 9.40. The first-order valence-corrected chi connectivity index (χ1v) is 19.6. The predicted molar refractivity (Wildman–Crippen MR) is 263 cm³/mol. The quantitative estimate of drug-likeness (QED) is 0.177. The highest BCUT2D eigenvalue weighted by atomic mass is 16.5. The van der Waals surface area contributed by atoms with E-state index < -0.39 is 357 Å². The molecule has 304 valence electrons. The van der Waals surface area contributed by atoms with Crippen LogP contribution < -0.4 is 9.64 Å². The normalized spacial score (nSPS) is 24.9. The van der Waals surface area contributed by atoms with Gasteiger partial charge in [0.1, 0.15) is 28.6 Å². The second kappa shape index (κ2) is 12.9. The van der Waals surface area contributed by atoms with Gasteiger partial charge in [-0.25, -0.2) is 0 Å². The lowest BCUT2D eigenvalue weighted by atomic mass is 9.70. The Morgan fingerprint density at radius 2 is 1.08 bits per heavy atom. The van der Waals surface area contributed by atoms with Crippen LogP contribution in [-0.4, -0.2) is 6.10 Å². The molecule has 65 heavy (non-hydrogen) atoms. The minimum atomic E-state index is -3.10. The van der Waals surface area contributed by atoms with Gasteiger partial charge in [-0.15, -0.1) is 0 Å². The summed E-state index contributed by atoms with van der Waals surface area (Å²) in [6.45, 7) is 0. The van der Waals surface area contributed by atoms with Crippen molar-refractivity contribution in [1.82, 2.24) is 0 Å². The number of furan rings is 2. The Kier molecular flexibility index (Phi) is 3.11. The van der Waals surface area contributed by atoms with Gasteiger partial charge in [-0.3, -0.25) is 0 Å². The van der Waals surface area contributed by atoms with E-state index in [9.17, 15) is 32.9 Å². The molecule has 0 bridgehead atoms. The highest BCUT2D eigenvalue weighted by Gasteiger charge is 2.52. The fraction of sp³-hybridized carbons (Fsp3) is 0.0492. The van der Waals surface area contributed by atoms with Gasteiger partial charge in [-0.1, -0.05) is 151 Å². The minimum Gasteiger partial charge on any atom is -0.485 e. The summed E-state index contributed by atoms with van der Waals surface area (Å²) in [4.78, 5) is 0.520. The summed E-state index contributed by atoms with van der Waals surface area (Å²) in [5, 5.41) is -3.08. The van der Waals surface area contributed by atoms with E-state index in [1.54, 1.807) is 0 Å². The number of allylic oxidation sites excluding steroid dienone is 2. The molecular formula is C61H37NO3. The van der Waals surface area contributed by atoms with E-state index in [2.05, 4.69) is 0 Å². The number of ether oxygens (including phenoxy) is 1. The Morgan fingerprint density at radius 1 is 0.462 bits per heavy atom. The molecule has 3 aliphatic carbocycles. The first-order valence-electron chi connectivity index (χ1n) is 37.1. The Morgan fingerprint density at radius 3 is 1.94 bits per heavy atom. The van der Waals surface area contributed by atoms with Crippen LogP contribution in [0.15, 0.2) is 220 Å². The molecule has 2 unspecified atom stereocenters.